The normalized spacial score (nSPS) is 17.4. The Bertz CT molecular complexity index is 649. The van der Waals surface area contributed by atoms with E-state index in [0.29, 0.717) is 11.6 Å². The van der Waals surface area contributed by atoms with Crippen molar-refractivity contribution in [3.63, 3.8) is 0 Å². The Balaban J connectivity index is 1.91. The Kier molecular flexibility index (Phi) is 6.04. The average molecular weight is 334 g/mol. The molecular formula is C16H22N4O2S. The molecule has 0 aliphatic carbocycles. The van der Waals surface area contributed by atoms with E-state index in [0.717, 1.165) is 17.8 Å². The first-order chi connectivity index (χ1) is 11.0. The van der Waals surface area contributed by atoms with Crippen LogP contribution in [-0.4, -0.2) is 40.6 Å². The summed E-state index contributed by atoms with van der Waals surface area (Å²) in [7, 11) is -0.441. The number of aryl methyl sites for hydroxylation is 1. The van der Waals surface area contributed by atoms with Crippen LogP contribution >= 0.6 is 0 Å². The molecule has 1 aliphatic rings. The topological polar surface area (TPSA) is 74.1 Å². The quantitative estimate of drug-likeness (QED) is 0.662. The third-order valence-corrected chi connectivity index (χ3v) is 4.79. The fourth-order valence-electron chi connectivity index (χ4n) is 2.06. The van der Waals surface area contributed by atoms with Crippen LogP contribution in [0.2, 0.25) is 0 Å². The third-order valence-electron chi connectivity index (χ3n) is 3.28. The molecule has 0 bridgehead atoms. The molecule has 0 aromatic heterocycles. The zero-order chi connectivity index (χ0) is 16.8. The molecule has 1 saturated heterocycles. The molecule has 124 valence electrons. The zero-order valence-corrected chi connectivity index (χ0v) is 14.5. The number of carbonyl (C=O) groups excluding carboxylic acids is 2. The molecule has 1 heterocycles. The first kappa shape index (κ1) is 17.3. The summed E-state index contributed by atoms with van der Waals surface area (Å²) in [5.41, 5.74) is 2.82. The number of anilines is 1. The van der Waals surface area contributed by atoms with Crippen LogP contribution in [-0.2, 0) is 26.7 Å². The maximum atomic E-state index is 12.1. The largest absolute Gasteiger partial charge is 0.325 e. The Hall–Kier alpha value is -2.02. The second-order valence-corrected chi connectivity index (χ2v) is 7.19. The number of hydrogen-bond donors (Lipinski definition) is 1. The van der Waals surface area contributed by atoms with Gasteiger partial charge >= 0.3 is 0 Å². The van der Waals surface area contributed by atoms with Gasteiger partial charge in [-0.05, 0) is 48.7 Å². The van der Waals surface area contributed by atoms with Crippen molar-refractivity contribution in [3.05, 3.63) is 29.8 Å². The van der Waals surface area contributed by atoms with Crippen molar-refractivity contribution in [1.29, 1.82) is 0 Å². The van der Waals surface area contributed by atoms with Gasteiger partial charge in [-0.25, -0.2) is 0 Å². The van der Waals surface area contributed by atoms with Gasteiger partial charge < -0.3 is 10.2 Å². The van der Waals surface area contributed by atoms with E-state index in [4.69, 9.17) is 0 Å². The molecule has 0 radical (unpaired) electrons. The predicted octanol–water partition coefficient (Wildman–Crippen LogP) is 2.18. The van der Waals surface area contributed by atoms with E-state index in [-0.39, 0.29) is 18.4 Å². The van der Waals surface area contributed by atoms with Crippen LogP contribution in [0.4, 0.5) is 5.69 Å². The van der Waals surface area contributed by atoms with Gasteiger partial charge in [-0.2, -0.15) is 5.10 Å². The van der Waals surface area contributed by atoms with E-state index in [1.807, 2.05) is 38.1 Å². The molecule has 2 amide bonds. The van der Waals surface area contributed by atoms with Crippen molar-refractivity contribution in [2.24, 2.45) is 9.57 Å². The summed E-state index contributed by atoms with van der Waals surface area (Å²) in [5, 5.41) is 6.83. The fraction of sp³-hybridized carbons (Fsp3) is 0.438. The number of nitrogens with one attached hydrogen (secondary N) is 1. The second kappa shape index (κ2) is 8.01. The lowest BCUT2D eigenvalue weighted by Gasteiger charge is -2.14. The molecule has 1 fully saturated rings. The standard InChI is InChI=1S/C16H22N4O2S/c1-4-13-5-7-14(8-6-13)17-15(21)9-20-11-23(10-16(20)22)19-18-12(2)3/h5-8H,4,9-11H2,1-3H3,(H,17,21). The van der Waals surface area contributed by atoms with Crippen LogP contribution in [0.1, 0.15) is 26.3 Å². The summed E-state index contributed by atoms with van der Waals surface area (Å²) < 4.78 is 4.16. The van der Waals surface area contributed by atoms with Gasteiger partial charge in [0.2, 0.25) is 11.8 Å². The van der Waals surface area contributed by atoms with Crippen LogP contribution in [0.3, 0.4) is 0 Å². The Morgan fingerprint density at radius 2 is 2.00 bits per heavy atom. The number of amides is 2. The highest BCUT2D eigenvalue weighted by molar-refractivity contribution is 7.88. The van der Waals surface area contributed by atoms with E-state index in [9.17, 15) is 9.59 Å². The summed E-state index contributed by atoms with van der Waals surface area (Å²) in [6, 6.07) is 7.72. The van der Waals surface area contributed by atoms with E-state index in [1.54, 1.807) is 4.90 Å². The molecule has 1 aromatic rings. The van der Waals surface area contributed by atoms with E-state index >= 15 is 0 Å². The van der Waals surface area contributed by atoms with Gasteiger partial charge in [0, 0.05) is 11.4 Å². The fourth-order valence-corrected chi connectivity index (χ4v) is 3.60. The van der Waals surface area contributed by atoms with Crippen LogP contribution in [0.25, 0.3) is 0 Å². The summed E-state index contributed by atoms with van der Waals surface area (Å²) >= 11 is 0. The number of benzene rings is 1. The molecular weight excluding hydrogens is 312 g/mol. The smallest absolute Gasteiger partial charge is 0.244 e. The van der Waals surface area contributed by atoms with E-state index < -0.39 is 10.7 Å². The lowest BCUT2D eigenvalue weighted by molar-refractivity contribution is -0.130. The Morgan fingerprint density at radius 1 is 1.30 bits per heavy atom. The van der Waals surface area contributed by atoms with Crippen LogP contribution < -0.4 is 5.32 Å². The van der Waals surface area contributed by atoms with Crippen molar-refractivity contribution in [3.8, 4) is 0 Å². The van der Waals surface area contributed by atoms with Gasteiger partial charge in [-0.15, -0.1) is 4.47 Å². The SMILES string of the molecule is CCc1ccc(NC(=O)CN2C/S(=N\N=C(C)C)CC2=O)cc1. The highest BCUT2D eigenvalue weighted by Gasteiger charge is 2.26. The molecule has 1 unspecified atom stereocenters. The van der Waals surface area contributed by atoms with E-state index in [1.165, 1.54) is 5.56 Å². The molecule has 1 atom stereocenters. The van der Waals surface area contributed by atoms with Crippen molar-refractivity contribution >= 4 is 33.9 Å². The van der Waals surface area contributed by atoms with Crippen molar-refractivity contribution in [2.75, 3.05) is 23.5 Å². The van der Waals surface area contributed by atoms with Gasteiger partial charge in [0.15, 0.2) is 0 Å². The highest BCUT2D eigenvalue weighted by Crippen LogP contribution is 2.12. The zero-order valence-electron chi connectivity index (χ0n) is 13.7. The number of hydrogen-bond acceptors (Lipinski definition) is 3. The first-order valence-electron chi connectivity index (χ1n) is 7.54. The number of carbonyl (C=O) groups is 2. The third kappa shape index (κ3) is 5.28. The molecule has 1 aliphatic heterocycles. The molecule has 1 aromatic carbocycles. The predicted molar refractivity (Wildman–Crippen MR) is 94.5 cm³/mol. The summed E-state index contributed by atoms with van der Waals surface area (Å²) in [6.07, 6.45) is 0.960. The van der Waals surface area contributed by atoms with E-state index in [2.05, 4.69) is 21.8 Å². The molecule has 0 saturated carbocycles. The molecule has 7 heteroatoms. The maximum Gasteiger partial charge on any atom is 0.244 e. The molecule has 2 rings (SSSR count). The van der Waals surface area contributed by atoms with Crippen LogP contribution in [0, 0.1) is 0 Å². The Labute approximate surface area is 139 Å². The average Bonchev–Trinajstić information content (AvgIpc) is 2.86. The van der Waals surface area contributed by atoms with Gasteiger partial charge in [-0.1, -0.05) is 19.1 Å². The molecule has 6 nitrogen and oxygen atoms in total. The number of nitrogens with zero attached hydrogens (tertiary/aromatic N) is 3. The minimum atomic E-state index is -0.441. The summed E-state index contributed by atoms with van der Waals surface area (Å²) in [6.45, 7) is 5.86. The van der Waals surface area contributed by atoms with Crippen molar-refractivity contribution in [2.45, 2.75) is 27.2 Å². The van der Waals surface area contributed by atoms with Crippen molar-refractivity contribution < 1.29 is 9.59 Å². The van der Waals surface area contributed by atoms with Crippen LogP contribution in [0.5, 0.6) is 0 Å². The van der Waals surface area contributed by atoms with Gasteiger partial charge in [0.25, 0.3) is 0 Å². The van der Waals surface area contributed by atoms with Crippen LogP contribution in [0.15, 0.2) is 33.8 Å². The molecule has 1 N–H and O–H groups in total. The minimum absolute atomic E-state index is 0.0440. The first-order valence-corrected chi connectivity index (χ1v) is 9.06. The monoisotopic (exact) mass is 334 g/mol. The molecule has 23 heavy (non-hydrogen) atoms. The summed E-state index contributed by atoms with van der Waals surface area (Å²) in [5.74, 6) is 0.577. The second-order valence-electron chi connectivity index (χ2n) is 5.55. The molecule has 0 spiro atoms. The van der Waals surface area contributed by atoms with Gasteiger partial charge in [0.1, 0.15) is 6.54 Å². The van der Waals surface area contributed by atoms with Crippen molar-refractivity contribution in [1.82, 2.24) is 4.90 Å². The lowest BCUT2D eigenvalue weighted by Crippen LogP contribution is -2.34. The lowest BCUT2D eigenvalue weighted by atomic mass is 10.1. The summed E-state index contributed by atoms with van der Waals surface area (Å²) in [4.78, 5) is 25.6. The van der Waals surface area contributed by atoms with Gasteiger partial charge in [0.05, 0.1) is 11.6 Å². The highest BCUT2D eigenvalue weighted by atomic mass is 32.2. The maximum absolute atomic E-state index is 12.1. The minimum Gasteiger partial charge on any atom is -0.325 e. The number of rotatable bonds is 5. The Morgan fingerprint density at radius 3 is 2.61 bits per heavy atom. The van der Waals surface area contributed by atoms with Gasteiger partial charge in [-0.3, -0.25) is 9.59 Å².